The van der Waals surface area contributed by atoms with Crippen molar-refractivity contribution >= 4 is 23.2 Å². The Morgan fingerprint density at radius 3 is 2.67 bits per heavy atom. The average molecular weight is 292 g/mol. The molecule has 0 aliphatic carbocycles. The second-order valence-corrected chi connectivity index (χ2v) is 4.92. The van der Waals surface area contributed by atoms with Crippen molar-refractivity contribution in [1.29, 1.82) is 0 Å². The van der Waals surface area contributed by atoms with Gasteiger partial charge in [0.25, 0.3) is 0 Å². The van der Waals surface area contributed by atoms with E-state index in [1.807, 2.05) is 6.92 Å². The molecule has 0 amide bonds. The fourth-order valence-corrected chi connectivity index (χ4v) is 2.04. The number of methoxy groups -OCH3 is 1. The van der Waals surface area contributed by atoms with Gasteiger partial charge in [0.15, 0.2) is 0 Å². The summed E-state index contributed by atoms with van der Waals surface area (Å²) in [6, 6.07) is 3.51. The van der Waals surface area contributed by atoms with Crippen molar-refractivity contribution in [2.24, 2.45) is 0 Å². The van der Waals surface area contributed by atoms with Crippen LogP contribution >= 0.6 is 23.2 Å². The summed E-state index contributed by atoms with van der Waals surface area (Å²) < 4.78 is 5.08. The maximum atomic E-state index is 9.42. The van der Waals surface area contributed by atoms with Crippen LogP contribution in [0.3, 0.4) is 0 Å². The first-order valence-corrected chi connectivity index (χ1v) is 6.74. The molecule has 1 unspecified atom stereocenters. The van der Waals surface area contributed by atoms with E-state index in [0.29, 0.717) is 22.3 Å². The Bertz CT molecular complexity index is 385. The molecule has 0 aromatic heterocycles. The highest BCUT2D eigenvalue weighted by Crippen LogP contribution is 2.30. The van der Waals surface area contributed by atoms with Gasteiger partial charge in [-0.3, -0.25) is 0 Å². The van der Waals surface area contributed by atoms with Gasteiger partial charge in [-0.05, 0) is 31.0 Å². The summed E-state index contributed by atoms with van der Waals surface area (Å²) in [4.78, 5) is 0. The van der Waals surface area contributed by atoms with Gasteiger partial charge in [0, 0.05) is 17.6 Å². The van der Waals surface area contributed by atoms with Gasteiger partial charge in [0.05, 0.1) is 18.2 Å². The Balaban J connectivity index is 2.50. The number of nitrogens with one attached hydrogen (secondary N) is 1. The molecule has 0 bridgehead atoms. The molecule has 0 radical (unpaired) electrons. The maximum absolute atomic E-state index is 9.42. The molecule has 1 aromatic carbocycles. The fraction of sp³-hybridized carbons (Fsp3) is 0.538. The second-order valence-electron chi connectivity index (χ2n) is 4.11. The van der Waals surface area contributed by atoms with Gasteiger partial charge in [0.1, 0.15) is 5.75 Å². The topological polar surface area (TPSA) is 41.5 Å². The van der Waals surface area contributed by atoms with Crippen molar-refractivity contribution < 1.29 is 9.84 Å². The van der Waals surface area contributed by atoms with Crippen molar-refractivity contribution in [3.8, 4) is 5.75 Å². The molecule has 1 aromatic rings. The SMILES string of the molecule is CCC(O)CCNCc1cc(Cl)c(OC)cc1Cl. The predicted octanol–water partition coefficient (Wildman–Crippen LogP) is 3.25. The van der Waals surface area contributed by atoms with E-state index in [-0.39, 0.29) is 6.10 Å². The summed E-state index contributed by atoms with van der Waals surface area (Å²) in [7, 11) is 1.56. The second kappa shape index (κ2) is 7.85. The molecule has 3 nitrogen and oxygen atoms in total. The lowest BCUT2D eigenvalue weighted by Gasteiger charge is -2.11. The third-order valence-corrected chi connectivity index (χ3v) is 3.41. The summed E-state index contributed by atoms with van der Waals surface area (Å²) in [5.41, 5.74) is 0.924. The molecule has 0 spiro atoms. The molecule has 0 saturated carbocycles. The van der Waals surface area contributed by atoms with Gasteiger partial charge in [-0.1, -0.05) is 30.1 Å². The van der Waals surface area contributed by atoms with E-state index in [1.54, 1.807) is 19.2 Å². The fourth-order valence-electron chi connectivity index (χ4n) is 1.56. The number of benzene rings is 1. The predicted molar refractivity (Wildman–Crippen MR) is 75.6 cm³/mol. The van der Waals surface area contributed by atoms with Crippen LogP contribution in [0.4, 0.5) is 0 Å². The lowest BCUT2D eigenvalue weighted by atomic mass is 10.2. The zero-order chi connectivity index (χ0) is 13.5. The van der Waals surface area contributed by atoms with Gasteiger partial charge in [0.2, 0.25) is 0 Å². The van der Waals surface area contributed by atoms with Crippen LogP contribution in [-0.4, -0.2) is 24.9 Å². The third-order valence-electron chi connectivity index (χ3n) is 2.76. The highest BCUT2D eigenvalue weighted by molar-refractivity contribution is 6.34. The van der Waals surface area contributed by atoms with Gasteiger partial charge < -0.3 is 15.2 Å². The van der Waals surface area contributed by atoms with Crippen molar-refractivity contribution in [3.05, 3.63) is 27.7 Å². The number of hydrogen-bond acceptors (Lipinski definition) is 3. The van der Waals surface area contributed by atoms with Gasteiger partial charge in [-0.25, -0.2) is 0 Å². The van der Waals surface area contributed by atoms with E-state index in [0.717, 1.165) is 24.9 Å². The molecule has 0 aliphatic rings. The zero-order valence-corrected chi connectivity index (χ0v) is 12.2. The van der Waals surface area contributed by atoms with E-state index >= 15 is 0 Å². The molecular weight excluding hydrogens is 273 g/mol. The van der Waals surface area contributed by atoms with Crippen LogP contribution in [-0.2, 0) is 6.54 Å². The first-order chi connectivity index (χ1) is 8.58. The molecule has 1 atom stereocenters. The van der Waals surface area contributed by atoms with Crippen molar-refractivity contribution in [3.63, 3.8) is 0 Å². The third kappa shape index (κ3) is 4.65. The van der Waals surface area contributed by atoms with Crippen molar-refractivity contribution in [2.45, 2.75) is 32.4 Å². The summed E-state index contributed by atoms with van der Waals surface area (Å²) in [6.45, 7) is 3.33. The van der Waals surface area contributed by atoms with Gasteiger partial charge in [-0.2, -0.15) is 0 Å². The van der Waals surface area contributed by atoms with Crippen LogP contribution in [0.1, 0.15) is 25.3 Å². The summed E-state index contributed by atoms with van der Waals surface area (Å²) >= 11 is 12.2. The molecule has 0 aliphatic heterocycles. The van der Waals surface area contributed by atoms with Crippen molar-refractivity contribution in [2.75, 3.05) is 13.7 Å². The minimum atomic E-state index is -0.243. The van der Waals surface area contributed by atoms with Gasteiger partial charge >= 0.3 is 0 Å². The number of halogens is 2. The summed E-state index contributed by atoms with van der Waals surface area (Å²) in [6.07, 6.45) is 1.27. The first-order valence-electron chi connectivity index (χ1n) is 5.99. The molecule has 0 heterocycles. The van der Waals surface area contributed by atoms with E-state index < -0.39 is 0 Å². The average Bonchev–Trinajstić information content (AvgIpc) is 2.37. The van der Waals surface area contributed by atoms with Crippen molar-refractivity contribution in [1.82, 2.24) is 5.32 Å². The van der Waals surface area contributed by atoms with E-state index in [4.69, 9.17) is 27.9 Å². The monoisotopic (exact) mass is 291 g/mol. The smallest absolute Gasteiger partial charge is 0.138 e. The normalized spacial score (nSPS) is 12.5. The number of rotatable bonds is 7. The molecule has 0 saturated heterocycles. The maximum Gasteiger partial charge on any atom is 0.138 e. The lowest BCUT2D eigenvalue weighted by Crippen LogP contribution is -2.19. The molecule has 18 heavy (non-hydrogen) atoms. The number of hydrogen-bond donors (Lipinski definition) is 2. The summed E-state index contributed by atoms with van der Waals surface area (Å²) in [5, 5.41) is 13.8. The minimum Gasteiger partial charge on any atom is -0.495 e. The molecule has 5 heteroatoms. The molecule has 0 fully saturated rings. The van der Waals surface area contributed by atoms with Crippen LogP contribution in [0.25, 0.3) is 0 Å². The number of ether oxygens (including phenoxy) is 1. The summed E-state index contributed by atoms with van der Waals surface area (Å²) in [5.74, 6) is 0.576. The van der Waals surface area contributed by atoms with E-state index in [9.17, 15) is 5.11 Å². The van der Waals surface area contributed by atoms with Gasteiger partial charge in [-0.15, -0.1) is 0 Å². The number of aliphatic hydroxyl groups is 1. The number of aliphatic hydroxyl groups excluding tert-OH is 1. The molecule has 102 valence electrons. The Morgan fingerprint density at radius 2 is 2.06 bits per heavy atom. The molecule has 1 rings (SSSR count). The van der Waals surface area contributed by atoms with Crippen LogP contribution < -0.4 is 10.1 Å². The first kappa shape index (κ1) is 15.6. The largest absolute Gasteiger partial charge is 0.495 e. The highest BCUT2D eigenvalue weighted by Gasteiger charge is 2.07. The quantitative estimate of drug-likeness (QED) is 0.758. The lowest BCUT2D eigenvalue weighted by molar-refractivity contribution is 0.159. The van der Waals surface area contributed by atoms with Crippen LogP contribution in [0.15, 0.2) is 12.1 Å². The Kier molecular flexibility index (Phi) is 6.79. The minimum absolute atomic E-state index is 0.243. The standard InChI is InChI=1S/C13H19Cl2NO2/c1-3-10(17)4-5-16-8-9-6-12(15)13(18-2)7-11(9)14/h6-7,10,16-17H,3-5,8H2,1-2H3. The Labute approximate surface area is 118 Å². The van der Waals surface area contributed by atoms with E-state index in [1.165, 1.54) is 0 Å². The van der Waals surface area contributed by atoms with Crippen LogP contribution in [0, 0.1) is 0 Å². The van der Waals surface area contributed by atoms with E-state index in [2.05, 4.69) is 5.32 Å². The van der Waals surface area contributed by atoms with Crippen LogP contribution in [0.5, 0.6) is 5.75 Å². The molecule has 2 N–H and O–H groups in total. The highest BCUT2D eigenvalue weighted by atomic mass is 35.5. The Hall–Kier alpha value is -0.480. The molecular formula is C13H19Cl2NO2. The van der Waals surface area contributed by atoms with Crippen LogP contribution in [0.2, 0.25) is 10.0 Å². The zero-order valence-electron chi connectivity index (χ0n) is 10.7. The Morgan fingerprint density at radius 1 is 1.33 bits per heavy atom.